The lowest BCUT2D eigenvalue weighted by Gasteiger charge is -2.51. The van der Waals surface area contributed by atoms with Crippen molar-refractivity contribution in [2.24, 2.45) is 16.7 Å². The SMILES string of the molecule is CCCC[C@@H](O)C(Br)C(=O)[C@@]1(O[Si](C)(C)C)C[C@H]2CC[C@]1(C)C2(C)C. The molecular formula is C20H37BrO3Si. The van der Waals surface area contributed by atoms with Gasteiger partial charge in [-0.1, -0.05) is 56.5 Å². The Morgan fingerprint density at radius 3 is 2.32 bits per heavy atom. The van der Waals surface area contributed by atoms with Gasteiger partial charge in [0.15, 0.2) is 14.1 Å². The highest BCUT2D eigenvalue weighted by Gasteiger charge is 2.73. The van der Waals surface area contributed by atoms with E-state index in [-0.39, 0.29) is 16.6 Å². The summed E-state index contributed by atoms with van der Waals surface area (Å²) in [6.07, 6.45) is 5.00. The molecule has 0 radical (unpaired) electrons. The molecule has 0 saturated heterocycles. The molecular weight excluding hydrogens is 396 g/mol. The summed E-state index contributed by atoms with van der Waals surface area (Å²) in [4.78, 5) is 13.2. The second-order valence-corrected chi connectivity index (χ2v) is 15.4. The van der Waals surface area contributed by atoms with E-state index in [0.717, 1.165) is 25.7 Å². The number of hydrogen-bond donors (Lipinski definition) is 1. The van der Waals surface area contributed by atoms with Crippen LogP contribution in [-0.4, -0.2) is 35.7 Å². The van der Waals surface area contributed by atoms with Crippen molar-refractivity contribution in [1.29, 1.82) is 0 Å². The summed E-state index contributed by atoms with van der Waals surface area (Å²) in [5.41, 5.74) is -0.840. The van der Waals surface area contributed by atoms with Gasteiger partial charge < -0.3 is 9.53 Å². The van der Waals surface area contributed by atoms with Crippen LogP contribution in [0.3, 0.4) is 0 Å². The first-order valence-corrected chi connectivity index (χ1v) is 14.2. The van der Waals surface area contributed by atoms with Gasteiger partial charge in [-0.2, -0.15) is 0 Å². The number of hydrogen-bond acceptors (Lipinski definition) is 3. The van der Waals surface area contributed by atoms with E-state index in [4.69, 9.17) is 4.43 Å². The number of unbranched alkanes of at least 4 members (excludes halogenated alkanes) is 1. The van der Waals surface area contributed by atoms with Crippen molar-refractivity contribution in [2.75, 3.05) is 0 Å². The van der Waals surface area contributed by atoms with Crippen LogP contribution in [0.25, 0.3) is 0 Å². The quantitative estimate of drug-likeness (QED) is 0.417. The van der Waals surface area contributed by atoms with Crippen LogP contribution in [-0.2, 0) is 9.22 Å². The summed E-state index contributed by atoms with van der Waals surface area (Å²) in [5, 5.41) is 10.6. The van der Waals surface area contributed by atoms with Gasteiger partial charge >= 0.3 is 0 Å². The van der Waals surface area contributed by atoms with Gasteiger partial charge in [-0.15, -0.1) is 0 Å². The first-order chi connectivity index (χ1) is 11.3. The van der Waals surface area contributed by atoms with Gasteiger partial charge in [0.1, 0.15) is 10.4 Å². The molecule has 2 fully saturated rings. The monoisotopic (exact) mass is 432 g/mol. The molecule has 0 aromatic heterocycles. The van der Waals surface area contributed by atoms with Gasteiger partial charge in [-0.05, 0) is 56.7 Å². The van der Waals surface area contributed by atoms with Crippen molar-refractivity contribution in [3.05, 3.63) is 0 Å². The number of rotatable bonds is 8. The Labute approximate surface area is 163 Å². The molecule has 1 N–H and O–H groups in total. The van der Waals surface area contributed by atoms with Gasteiger partial charge in [0, 0.05) is 5.41 Å². The Morgan fingerprint density at radius 2 is 1.92 bits per heavy atom. The highest BCUT2D eigenvalue weighted by Crippen LogP contribution is 2.71. The van der Waals surface area contributed by atoms with Gasteiger partial charge in [0.2, 0.25) is 0 Å². The van der Waals surface area contributed by atoms with Crippen molar-refractivity contribution in [3.8, 4) is 0 Å². The molecule has 3 nitrogen and oxygen atoms in total. The van der Waals surface area contributed by atoms with E-state index in [1.54, 1.807) is 0 Å². The molecule has 2 aliphatic carbocycles. The number of fused-ring (bicyclic) bond motifs is 2. The third kappa shape index (κ3) is 3.43. The lowest BCUT2D eigenvalue weighted by Crippen LogP contribution is -2.61. The molecule has 146 valence electrons. The van der Waals surface area contributed by atoms with E-state index < -0.39 is 24.8 Å². The molecule has 2 aliphatic rings. The van der Waals surface area contributed by atoms with E-state index in [1.807, 2.05) is 0 Å². The van der Waals surface area contributed by atoms with Gasteiger partial charge in [-0.25, -0.2) is 0 Å². The third-order valence-corrected chi connectivity index (χ3v) is 9.17. The lowest BCUT2D eigenvalue weighted by molar-refractivity contribution is -0.152. The summed E-state index contributed by atoms with van der Waals surface area (Å²) >= 11 is 3.56. The fourth-order valence-electron chi connectivity index (χ4n) is 5.31. The van der Waals surface area contributed by atoms with E-state index >= 15 is 0 Å². The van der Waals surface area contributed by atoms with Crippen molar-refractivity contribution >= 4 is 30.0 Å². The Kier molecular flexibility index (Phi) is 6.07. The number of carbonyl (C=O) groups excluding carboxylic acids is 1. The van der Waals surface area contributed by atoms with Crippen molar-refractivity contribution in [1.82, 2.24) is 0 Å². The zero-order valence-electron chi connectivity index (χ0n) is 17.1. The summed E-state index contributed by atoms with van der Waals surface area (Å²) < 4.78 is 6.74. The first kappa shape index (κ1) is 21.6. The summed E-state index contributed by atoms with van der Waals surface area (Å²) in [7, 11) is -1.93. The van der Waals surface area contributed by atoms with Gasteiger partial charge in [0.05, 0.1) is 6.10 Å². The fraction of sp³-hybridized carbons (Fsp3) is 0.950. The largest absolute Gasteiger partial charge is 0.404 e. The lowest BCUT2D eigenvalue weighted by atomic mass is 9.62. The molecule has 25 heavy (non-hydrogen) atoms. The van der Waals surface area contributed by atoms with Crippen LogP contribution < -0.4 is 0 Å². The Bertz CT molecular complexity index is 516. The number of carbonyl (C=O) groups is 1. The minimum Gasteiger partial charge on any atom is -0.404 e. The first-order valence-electron chi connectivity index (χ1n) is 9.89. The molecule has 0 heterocycles. The number of alkyl halides is 1. The number of Topliss-reactive ketones (excluding diaryl/α,β-unsaturated/α-hetero) is 1. The number of aliphatic hydroxyl groups is 1. The minimum absolute atomic E-state index is 0.0799. The second-order valence-electron chi connectivity index (χ2n) is 10.0. The highest BCUT2D eigenvalue weighted by atomic mass is 79.9. The Balaban J connectivity index is 2.40. The maximum Gasteiger partial charge on any atom is 0.185 e. The summed E-state index contributed by atoms with van der Waals surface area (Å²) in [6, 6.07) is 0. The van der Waals surface area contributed by atoms with Crippen LogP contribution in [0.5, 0.6) is 0 Å². The number of halogens is 1. The molecule has 2 rings (SSSR count). The molecule has 0 aromatic rings. The van der Waals surface area contributed by atoms with E-state index in [0.29, 0.717) is 12.3 Å². The van der Waals surface area contributed by atoms with Crippen LogP contribution in [0.15, 0.2) is 0 Å². The zero-order chi connectivity index (χ0) is 19.3. The van der Waals surface area contributed by atoms with E-state index in [2.05, 4.69) is 63.3 Å². The average Bonchev–Trinajstić information content (AvgIpc) is 2.81. The second kappa shape index (κ2) is 7.03. The molecule has 1 unspecified atom stereocenters. The van der Waals surface area contributed by atoms with E-state index in [1.165, 1.54) is 6.42 Å². The molecule has 5 atom stereocenters. The zero-order valence-corrected chi connectivity index (χ0v) is 19.7. The molecule has 2 bridgehead atoms. The van der Waals surface area contributed by atoms with Crippen molar-refractivity contribution < 1.29 is 14.3 Å². The third-order valence-electron chi connectivity index (χ3n) is 7.18. The van der Waals surface area contributed by atoms with Crippen molar-refractivity contribution in [2.45, 2.75) is 102 Å². The van der Waals surface area contributed by atoms with Gasteiger partial charge in [-0.3, -0.25) is 4.79 Å². The van der Waals surface area contributed by atoms with Crippen LogP contribution in [0, 0.1) is 16.7 Å². The smallest absolute Gasteiger partial charge is 0.185 e. The Hall–Kier alpha value is 0.287. The normalized spacial score (nSPS) is 36.4. The molecule has 2 saturated carbocycles. The summed E-state index contributed by atoms with van der Waals surface area (Å²) in [6.45, 7) is 15.5. The van der Waals surface area contributed by atoms with Crippen molar-refractivity contribution in [3.63, 3.8) is 0 Å². The molecule has 0 aliphatic heterocycles. The maximum absolute atomic E-state index is 13.7. The van der Waals surface area contributed by atoms with Crippen LogP contribution in [0.4, 0.5) is 0 Å². The predicted molar refractivity (Wildman–Crippen MR) is 110 cm³/mol. The van der Waals surface area contributed by atoms with Crippen LogP contribution in [0.2, 0.25) is 19.6 Å². The minimum atomic E-state index is -1.93. The standard InChI is InChI=1S/C20H37BrO3Si/c1-8-9-10-15(22)16(21)17(23)20(24-25(5,6)7)13-14-11-12-19(20,4)18(14,2)3/h14-16,22H,8-13H2,1-7H3/t14-,15-,16?,19-,20+/m1/s1. The van der Waals surface area contributed by atoms with Crippen LogP contribution in [0.1, 0.15) is 66.2 Å². The predicted octanol–water partition coefficient (Wildman–Crippen LogP) is 5.31. The highest BCUT2D eigenvalue weighted by molar-refractivity contribution is 9.10. The topological polar surface area (TPSA) is 46.5 Å². The molecule has 0 aromatic carbocycles. The van der Waals surface area contributed by atoms with Gasteiger partial charge in [0.25, 0.3) is 0 Å². The molecule has 0 spiro atoms. The summed E-state index contributed by atoms with van der Waals surface area (Å²) in [5.74, 6) is 0.599. The fourth-order valence-corrected chi connectivity index (χ4v) is 7.39. The average molecular weight is 434 g/mol. The van der Waals surface area contributed by atoms with E-state index in [9.17, 15) is 9.90 Å². The van der Waals surface area contributed by atoms with Crippen LogP contribution >= 0.6 is 15.9 Å². The molecule has 0 amide bonds. The number of ketones is 1. The molecule has 5 heteroatoms. The number of aliphatic hydroxyl groups excluding tert-OH is 1. The maximum atomic E-state index is 13.7. The Morgan fingerprint density at radius 1 is 1.32 bits per heavy atom.